The number of hydrogen-bond donors (Lipinski definition) is 1. The van der Waals surface area contributed by atoms with Crippen LogP contribution in [-0.4, -0.2) is 13.2 Å². The molecule has 0 heterocycles. The summed E-state index contributed by atoms with van der Waals surface area (Å²) in [5.74, 6) is 0.907. The number of benzene rings is 1. The molecule has 120 valence electrons. The average molecular weight is 312 g/mol. The monoisotopic (exact) mass is 311 g/mol. The zero-order chi connectivity index (χ0) is 14.5. The number of hydrogen-bond acceptors (Lipinski definition) is 2. The van der Waals surface area contributed by atoms with Gasteiger partial charge in [-0.1, -0.05) is 63.8 Å². The number of rotatable bonds is 12. The topological polar surface area (TPSA) is 21.3 Å². The normalized spacial score (nSPS) is 9.95. The van der Waals surface area contributed by atoms with Crippen LogP contribution in [0.5, 0.6) is 5.75 Å². The molecular formula is C18H30ClNO. The molecule has 0 saturated heterocycles. The molecule has 21 heavy (non-hydrogen) atoms. The first-order valence-corrected chi connectivity index (χ1v) is 7.90. The van der Waals surface area contributed by atoms with Crippen LogP contribution < -0.4 is 10.1 Å². The van der Waals surface area contributed by atoms with Crippen LogP contribution in [0.25, 0.3) is 0 Å². The molecular weight excluding hydrogens is 282 g/mol. The molecule has 0 aromatic heterocycles. The second kappa shape index (κ2) is 14.0. The van der Waals surface area contributed by atoms with Crippen molar-refractivity contribution in [2.75, 3.05) is 13.2 Å². The van der Waals surface area contributed by atoms with E-state index in [1.807, 2.05) is 12.1 Å². The van der Waals surface area contributed by atoms with E-state index in [9.17, 15) is 0 Å². The molecule has 1 N–H and O–H groups in total. The van der Waals surface area contributed by atoms with Crippen LogP contribution in [0.3, 0.4) is 0 Å². The van der Waals surface area contributed by atoms with E-state index in [0.717, 1.165) is 18.8 Å². The van der Waals surface area contributed by atoms with Gasteiger partial charge in [0, 0.05) is 6.54 Å². The number of ether oxygens (including phenoxy) is 1. The van der Waals surface area contributed by atoms with Crippen molar-refractivity contribution in [3.63, 3.8) is 0 Å². The lowest BCUT2D eigenvalue weighted by Gasteiger charge is -2.07. The zero-order valence-corrected chi connectivity index (χ0v) is 14.1. The molecule has 0 fully saturated rings. The second-order valence-electron chi connectivity index (χ2n) is 5.19. The predicted molar refractivity (Wildman–Crippen MR) is 94.5 cm³/mol. The van der Waals surface area contributed by atoms with E-state index in [2.05, 4.69) is 31.0 Å². The van der Waals surface area contributed by atoms with Crippen LogP contribution in [0.2, 0.25) is 0 Å². The Morgan fingerprint density at radius 1 is 1.05 bits per heavy atom. The van der Waals surface area contributed by atoms with Crippen molar-refractivity contribution in [3.05, 3.63) is 42.5 Å². The van der Waals surface area contributed by atoms with E-state index in [0.29, 0.717) is 6.61 Å². The van der Waals surface area contributed by atoms with Crippen LogP contribution >= 0.6 is 12.4 Å². The van der Waals surface area contributed by atoms with Crippen molar-refractivity contribution in [1.82, 2.24) is 5.32 Å². The fraction of sp³-hybridized carbons (Fsp3) is 0.556. The molecule has 0 spiro atoms. The van der Waals surface area contributed by atoms with E-state index >= 15 is 0 Å². The quantitative estimate of drug-likeness (QED) is 0.427. The molecule has 3 heteroatoms. The van der Waals surface area contributed by atoms with Gasteiger partial charge >= 0.3 is 0 Å². The number of halogens is 1. The minimum Gasteiger partial charge on any atom is -0.490 e. The summed E-state index contributed by atoms with van der Waals surface area (Å²) in [6.07, 6.45) is 9.87. The van der Waals surface area contributed by atoms with E-state index in [1.54, 1.807) is 6.08 Å². The maximum Gasteiger partial charge on any atom is 0.119 e. The predicted octanol–water partition coefficient (Wildman–Crippen LogP) is 5.12. The molecule has 0 unspecified atom stereocenters. The molecule has 1 aromatic rings. The maximum atomic E-state index is 5.46. The minimum absolute atomic E-state index is 0. The Labute approximate surface area is 136 Å². The lowest BCUT2D eigenvalue weighted by molar-refractivity contribution is 0.363. The summed E-state index contributed by atoms with van der Waals surface area (Å²) < 4.78 is 5.46. The summed E-state index contributed by atoms with van der Waals surface area (Å²) in [4.78, 5) is 0. The first kappa shape index (κ1) is 20.0. The molecule has 0 radical (unpaired) electrons. The van der Waals surface area contributed by atoms with Gasteiger partial charge in [-0.15, -0.1) is 12.4 Å². The highest BCUT2D eigenvalue weighted by Crippen LogP contribution is 2.12. The Morgan fingerprint density at radius 3 is 2.38 bits per heavy atom. The molecule has 0 aliphatic heterocycles. The van der Waals surface area contributed by atoms with Crippen molar-refractivity contribution >= 4 is 12.4 Å². The minimum atomic E-state index is 0. The van der Waals surface area contributed by atoms with Gasteiger partial charge in [0.05, 0.1) is 0 Å². The average Bonchev–Trinajstić information content (AvgIpc) is 2.49. The van der Waals surface area contributed by atoms with Gasteiger partial charge in [0.25, 0.3) is 0 Å². The van der Waals surface area contributed by atoms with E-state index in [1.165, 1.54) is 44.1 Å². The fourth-order valence-electron chi connectivity index (χ4n) is 2.12. The van der Waals surface area contributed by atoms with Gasteiger partial charge in [0.1, 0.15) is 12.4 Å². The van der Waals surface area contributed by atoms with Crippen molar-refractivity contribution in [1.29, 1.82) is 0 Å². The Balaban J connectivity index is 0.00000400. The van der Waals surface area contributed by atoms with Crippen LogP contribution in [0.4, 0.5) is 0 Å². The molecule has 1 aromatic carbocycles. The summed E-state index contributed by atoms with van der Waals surface area (Å²) in [5, 5.41) is 3.50. The molecule has 0 amide bonds. The standard InChI is InChI=1S/C18H29NO.ClH/c1-3-5-6-7-8-9-14-19-16-17-10-12-18(13-11-17)20-15-4-2;/h4,10-13,19H,2-3,5-9,14-16H2,1H3;1H. The van der Waals surface area contributed by atoms with Crippen LogP contribution in [0.1, 0.15) is 51.0 Å². The zero-order valence-electron chi connectivity index (χ0n) is 13.3. The van der Waals surface area contributed by atoms with E-state index in [-0.39, 0.29) is 12.4 Å². The Kier molecular flexibility index (Phi) is 13.3. The Hall–Kier alpha value is -0.990. The van der Waals surface area contributed by atoms with Crippen molar-refractivity contribution in [3.8, 4) is 5.75 Å². The second-order valence-corrected chi connectivity index (χ2v) is 5.19. The first-order valence-electron chi connectivity index (χ1n) is 7.90. The summed E-state index contributed by atoms with van der Waals surface area (Å²) in [7, 11) is 0. The summed E-state index contributed by atoms with van der Waals surface area (Å²) in [5.41, 5.74) is 1.31. The maximum absolute atomic E-state index is 5.46. The van der Waals surface area contributed by atoms with Gasteiger partial charge in [-0.05, 0) is 30.7 Å². The van der Waals surface area contributed by atoms with Crippen LogP contribution in [-0.2, 0) is 6.54 Å². The Morgan fingerprint density at radius 2 is 1.71 bits per heavy atom. The van der Waals surface area contributed by atoms with Gasteiger partial charge in [-0.25, -0.2) is 0 Å². The lowest BCUT2D eigenvalue weighted by atomic mass is 10.1. The van der Waals surface area contributed by atoms with E-state index < -0.39 is 0 Å². The highest BCUT2D eigenvalue weighted by atomic mass is 35.5. The van der Waals surface area contributed by atoms with Crippen LogP contribution in [0.15, 0.2) is 36.9 Å². The highest BCUT2D eigenvalue weighted by Gasteiger charge is 1.95. The highest BCUT2D eigenvalue weighted by molar-refractivity contribution is 5.85. The first-order chi connectivity index (χ1) is 9.86. The van der Waals surface area contributed by atoms with Crippen LogP contribution in [0, 0.1) is 0 Å². The van der Waals surface area contributed by atoms with Crippen molar-refractivity contribution in [2.45, 2.75) is 52.0 Å². The van der Waals surface area contributed by atoms with Gasteiger partial charge < -0.3 is 10.1 Å². The molecule has 0 aliphatic rings. The third-order valence-electron chi connectivity index (χ3n) is 3.33. The number of unbranched alkanes of at least 4 members (excludes halogenated alkanes) is 5. The molecule has 1 rings (SSSR count). The fourth-order valence-corrected chi connectivity index (χ4v) is 2.12. The summed E-state index contributed by atoms with van der Waals surface area (Å²) in [6, 6.07) is 8.27. The van der Waals surface area contributed by atoms with Crippen molar-refractivity contribution in [2.24, 2.45) is 0 Å². The SMILES string of the molecule is C=CCOc1ccc(CNCCCCCCCC)cc1.Cl. The van der Waals surface area contributed by atoms with Gasteiger partial charge in [0.2, 0.25) is 0 Å². The largest absolute Gasteiger partial charge is 0.490 e. The summed E-state index contributed by atoms with van der Waals surface area (Å²) >= 11 is 0. The smallest absolute Gasteiger partial charge is 0.119 e. The number of nitrogens with one attached hydrogen (secondary N) is 1. The Bertz CT molecular complexity index is 351. The van der Waals surface area contributed by atoms with Gasteiger partial charge in [0.15, 0.2) is 0 Å². The van der Waals surface area contributed by atoms with Gasteiger partial charge in [-0.2, -0.15) is 0 Å². The molecule has 0 saturated carbocycles. The molecule has 0 aliphatic carbocycles. The summed E-state index contributed by atoms with van der Waals surface area (Å²) in [6.45, 7) is 8.52. The third kappa shape index (κ3) is 10.4. The lowest BCUT2D eigenvalue weighted by Crippen LogP contribution is -2.14. The molecule has 0 atom stereocenters. The molecule has 2 nitrogen and oxygen atoms in total. The molecule has 0 bridgehead atoms. The third-order valence-corrected chi connectivity index (χ3v) is 3.33. The van der Waals surface area contributed by atoms with E-state index in [4.69, 9.17) is 4.74 Å². The van der Waals surface area contributed by atoms with Gasteiger partial charge in [-0.3, -0.25) is 0 Å². The van der Waals surface area contributed by atoms with Crippen molar-refractivity contribution < 1.29 is 4.74 Å².